The van der Waals surface area contributed by atoms with Crippen molar-refractivity contribution in [3.63, 3.8) is 0 Å². The zero-order chi connectivity index (χ0) is 26.9. The summed E-state index contributed by atoms with van der Waals surface area (Å²) in [7, 11) is -4.34. The minimum absolute atomic E-state index is 0.133. The molecule has 0 aliphatic heterocycles. The van der Waals surface area contributed by atoms with E-state index < -0.39 is 10.1 Å². The van der Waals surface area contributed by atoms with Crippen molar-refractivity contribution in [1.82, 2.24) is 0 Å². The Labute approximate surface area is 222 Å². The number of hydrogen-bond donors (Lipinski definition) is 1. The van der Waals surface area contributed by atoms with Crippen molar-refractivity contribution in [1.29, 1.82) is 0 Å². The summed E-state index contributed by atoms with van der Waals surface area (Å²) in [6.45, 7) is 4.40. The van der Waals surface area contributed by atoms with E-state index in [9.17, 15) is 18.1 Å². The van der Waals surface area contributed by atoms with Crippen molar-refractivity contribution < 1.29 is 23.1 Å². The van der Waals surface area contributed by atoms with Crippen molar-refractivity contribution in [2.24, 2.45) is 4.99 Å². The third-order valence-electron chi connectivity index (χ3n) is 6.11. The van der Waals surface area contributed by atoms with Crippen LogP contribution in [0.4, 0.5) is 5.69 Å². The van der Waals surface area contributed by atoms with Gasteiger partial charge in [0.2, 0.25) is 0 Å². The summed E-state index contributed by atoms with van der Waals surface area (Å²) >= 11 is 0. The molecule has 3 aromatic rings. The lowest BCUT2D eigenvalue weighted by atomic mass is 9.89. The summed E-state index contributed by atoms with van der Waals surface area (Å²) in [4.78, 5) is 7.06. The molecule has 200 valence electrons. The highest BCUT2D eigenvalue weighted by molar-refractivity contribution is 7.85. The number of rotatable bonds is 13. The molecule has 0 bridgehead atoms. The number of hydrogen-bond acceptors (Lipinski definition) is 5. The lowest BCUT2D eigenvalue weighted by molar-refractivity contribution is -0.377. The van der Waals surface area contributed by atoms with Gasteiger partial charge in [0.25, 0.3) is 0 Å². The van der Waals surface area contributed by atoms with Gasteiger partial charge in [0, 0.05) is 12.3 Å². The van der Waals surface area contributed by atoms with Gasteiger partial charge in [-0.3, -0.25) is 0 Å². The summed E-state index contributed by atoms with van der Waals surface area (Å²) < 4.78 is 32.9. The molecule has 1 aromatic heterocycles. The largest absolute Gasteiger partial charge is 0.744 e. The predicted octanol–water partition coefficient (Wildman–Crippen LogP) is 7.18. The molecule has 2 aromatic carbocycles. The lowest BCUT2D eigenvalue weighted by Gasteiger charge is -2.17. The molecule has 0 saturated carbocycles. The molecule has 0 fully saturated rings. The zero-order valence-electron chi connectivity index (χ0n) is 22.0. The second-order valence-electron chi connectivity index (χ2n) is 9.18. The Bertz CT molecular complexity index is 1160. The fraction of sp³-hybridized carbons (Fsp3) is 0.400. The monoisotopic (exact) mass is 524 g/mol. The van der Waals surface area contributed by atoms with E-state index in [4.69, 9.17) is 0 Å². The van der Waals surface area contributed by atoms with E-state index in [0.717, 1.165) is 36.1 Å². The van der Waals surface area contributed by atoms with E-state index in [-0.39, 0.29) is 10.6 Å². The molecular weight excluding hydrogens is 484 g/mol. The molecule has 0 aliphatic rings. The van der Waals surface area contributed by atoms with Crippen molar-refractivity contribution >= 4 is 22.0 Å². The Hall–Kier alpha value is -3.03. The lowest BCUT2D eigenvalue weighted by Crippen LogP contribution is -2.02. The van der Waals surface area contributed by atoms with Gasteiger partial charge >= 0.3 is 0 Å². The Balaban J connectivity index is 0.000000278. The molecule has 0 aliphatic carbocycles. The van der Waals surface area contributed by atoms with Gasteiger partial charge in [0.1, 0.15) is 21.6 Å². The van der Waals surface area contributed by atoms with Gasteiger partial charge in [-0.05, 0) is 60.2 Å². The number of unbranched alkanes of at least 4 members (excludes halogenated alkanes) is 5. The maximum Gasteiger partial charge on any atom is 0.192 e. The van der Waals surface area contributed by atoms with Gasteiger partial charge in [-0.2, -0.15) is 0 Å². The van der Waals surface area contributed by atoms with Crippen molar-refractivity contribution in [3.8, 4) is 5.75 Å². The normalized spacial score (nSPS) is 12.2. The fourth-order valence-corrected chi connectivity index (χ4v) is 4.59. The Kier molecular flexibility index (Phi) is 13.6. The maximum absolute atomic E-state index is 11.0. The van der Waals surface area contributed by atoms with Crippen LogP contribution in [0, 0.1) is 0 Å². The smallest absolute Gasteiger partial charge is 0.192 e. The molecule has 2 N–H and O–H groups in total. The van der Waals surface area contributed by atoms with Crippen molar-refractivity contribution in [3.05, 3.63) is 84.2 Å². The molecule has 3 rings (SSSR count). The first-order chi connectivity index (χ1) is 17.8. The number of benzene rings is 2. The van der Waals surface area contributed by atoms with Gasteiger partial charge < -0.3 is 9.66 Å². The number of aromatic hydroxyl groups is 1. The van der Waals surface area contributed by atoms with Crippen LogP contribution in [-0.2, 0) is 10.1 Å². The Morgan fingerprint density at radius 2 is 1.65 bits per heavy atom. The highest BCUT2D eigenvalue weighted by Crippen LogP contribution is 2.28. The Morgan fingerprint density at radius 3 is 2.27 bits per heavy atom. The predicted molar refractivity (Wildman–Crippen MR) is 148 cm³/mol. The highest BCUT2D eigenvalue weighted by Gasteiger charge is 2.11. The van der Waals surface area contributed by atoms with Crippen LogP contribution in [0.3, 0.4) is 0 Å². The van der Waals surface area contributed by atoms with Gasteiger partial charge in [0.05, 0.1) is 4.90 Å². The molecule has 0 radical (unpaired) electrons. The van der Waals surface area contributed by atoms with Gasteiger partial charge in [0.15, 0.2) is 12.4 Å². The summed E-state index contributed by atoms with van der Waals surface area (Å²) in [5.41, 5.74) is 2.88. The topological polar surface area (TPSA) is 104 Å². The quantitative estimate of drug-likeness (QED) is 0.145. The average molecular weight is 525 g/mol. The standard InChI is InChI=1S/C18H30O3S.C12H10N2O/c1-3-5-6-7-8-9-11-16(10-4-2)17-12-14-18(15-13-17)22(19,20)21;15-12-5-1-3-10(7-12)8-14-11-4-2-6-13-9-11/h12-16H,3-11H2,1-2H3,(H,19,20,21);1-9,15H. The highest BCUT2D eigenvalue weighted by atomic mass is 32.2. The van der Waals surface area contributed by atoms with Crippen LogP contribution in [0.25, 0.3) is 0 Å². The van der Waals surface area contributed by atoms with E-state index in [1.165, 1.54) is 50.7 Å². The second-order valence-corrected chi connectivity index (χ2v) is 10.6. The van der Waals surface area contributed by atoms with Crippen molar-refractivity contribution in [2.45, 2.75) is 82.4 Å². The van der Waals surface area contributed by atoms with Crippen LogP contribution in [0.1, 0.15) is 88.7 Å². The van der Waals surface area contributed by atoms with E-state index in [0.29, 0.717) is 5.92 Å². The summed E-state index contributed by atoms with van der Waals surface area (Å²) in [6, 6.07) is 17.3. The Morgan fingerprint density at radius 1 is 0.919 bits per heavy atom. The van der Waals surface area contributed by atoms with E-state index in [1.807, 2.05) is 36.5 Å². The molecule has 1 atom stereocenters. The number of H-pyrrole nitrogens is 1. The summed E-state index contributed by atoms with van der Waals surface area (Å²) in [5.74, 6) is 0.721. The fourth-order valence-electron chi connectivity index (χ4n) is 4.12. The molecule has 6 nitrogen and oxygen atoms in total. The maximum atomic E-state index is 11.0. The molecule has 0 saturated heterocycles. The van der Waals surface area contributed by atoms with Crippen LogP contribution in [0.2, 0.25) is 0 Å². The number of aromatic nitrogens is 1. The summed E-state index contributed by atoms with van der Waals surface area (Å²) in [6.07, 6.45) is 16.4. The molecule has 0 spiro atoms. The van der Waals surface area contributed by atoms with Gasteiger partial charge in [-0.1, -0.05) is 83.1 Å². The molecule has 1 unspecified atom stereocenters. The number of nitrogens with zero attached hydrogens (tertiary/aromatic N) is 1. The van der Waals surface area contributed by atoms with E-state index >= 15 is 0 Å². The third-order valence-corrected chi connectivity index (χ3v) is 6.96. The van der Waals surface area contributed by atoms with Gasteiger partial charge in [-0.25, -0.2) is 18.4 Å². The van der Waals surface area contributed by atoms with Crippen molar-refractivity contribution in [2.75, 3.05) is 0 Å². The van der Waals surface area contributed by atoms with Crippen LogP contribution in [0.5, 0.6) is 5.75 Å². The van der Waals surface area contributed by atoms with E-state index in [1.54, 1.807) is 30.6 Å². The minimum atomic E-state index is -4.34. The number of aliphatic imine (C=N–C) groups is 1. The second kappa shape index (κ2) is 16.7. The number of pyridine rings is 1. The SMILES string of the molecule is CCCCCCCCC(CCC)c1ccc(S(=O)(=O)[O-])cc1.Oc1cccc(C=Nc2ccc[nH+]c2)c1. The molecular formula is C30H40N2O4S. The first kappa shape index (κ1) is 30.2. The van der Waals surface area contributed by atoms with Crippen LogP contribution >= 0.6 is 0 Å². The number of phenolic OH excluding ortho intramolecular Hbond substituents is 1. The molecule has 7 heteroatoms. The molecule has 1 heterocycles. The third kappa shape index (κ3) is 12.2. The first-order valence-corrected chi connectivity index (χ1v) is 14.6. The minimum Gasteiger partial charge on any atom is -0.744 e. The zero-order valence-corrected chi connectivity index (χ0v) is 22.8. The number of aromatic amines is 1. The number of nitrogens with one attached hydrogen (secondary N) is 1. The van der Waals surface area contributed by atoms with Crippen LogP contribution in [0.15, 0.2) is 82.9 Å². The van der Waals surface area contributed by atoms with Gasteiger partial charge in [-0.15, -0.1) is 0 Å². The summed E-state index contributed by atoms with van der Waals surface area (Å²) in [5, 5.41) is 9.24. The molecule has 37 heavy (non-hydrogen) atoms. The van der Waals surface area contributed by atoms with E-state index in [2.05, 4.69) is 23.8 Å². The van der Waals surface area contributed by atoms with Crippen LogP contribution < -0.4 is 4.98 Å². The number of phenols is 1. The first-order valence-electron chi connectivity index (χ1n) is 13.2. The average Bonchev–Trinajstić information content (AvgIpc) is 2.89. The molecule has 0 amide bonds. The van der Waals surface area contributed by atoms with Crippen LogP contribution in [-0.4, -0.2) is 24.3 Å².